The summed E-state index contributed by atoms with van der Waals surface area (Å²) in [5, 5.41) is 0. The molecule has 5 nitrogen and oxygen atoms in total. The van der Waals surface area contributed by atoms with Crippen LogP contribution in [0.4, 0.5) is 0 Å². The molecule has 0 saturated carbocycles. The van der Waals surface area contributed by atoms with E-state index in [-0.39, 0.29) is 17.6 Å². The van der Waals surface area contributed by atoms with Gasteiger partial charge in [-0.1, -0.05) is 12.1 Å². The summed E-state index contributed by atoms with van der Waals surface area (Å²) in [5.41, 5.74) is 1.95. The number of aryl methyl sites for hydroxylation is 2. The molecule has 2 aromatic rings. The summed E-state index contributed by atoms with van der Waals surface area (Å²) in [6.45, 7) is 3.04. The van der Waals surface area contributed by atoms with Gasteiger partial charge < -0.3 is 14.2 Å². The predicted molar refractivity (Wildman–Crippen MR) is 104 cm³/mol. The Morgan fingerprint density at radius 3 is 2.54 bits per heavy atom. The molecule has 1 aromatic heterocycles. The van der Waals surface area contributed by atoms with Crippen molar-refractivity contribution in [1.29, 1.82) is 0 Å². The number of likely N-dealkylation sites (tertiary alicyclic amines) is 1. The Morgan fingerprint density at radius 1 is 1.23 bits per heavy atom. The van der Waals surface area contributed by atoms with E-state index in [0.29, 0.717) is 25.3 Å². The van der Waals surface area contributed by atoms with Crippen LogP contribution in [0.15, 0.2) is 46.1 Å². The van der Waals surface area contributed by atoms with Crippen molar-refractivity contribution in [3.63, 3.8) is 0 Å². The van der Waals surface area contributed by atoms with Gasteiger partial charge in [0.25, 0.3) is 5.56 Å². The van der Waals surface area contributed by atoms with Crippen molar-refractivity contribution < 1.29 is 9.53 Å². The van der Waals surface area contributed by atoms with Crippen LogP contribution >= 0.6 is 11.8 Å². The normalized spacial score (nSPS) is 14.2. The Morgan fingerprint density at radius 2 is 1.92 bits per heavy atom. The average Bonchev–Trinajstić information content (AvgIpc) is 2.60. The number of ether oxygens (including phenoxy) is 1. The highest BCUT2D eigenvalue weighted by atomic mass is 32.2. The van der Waals surface area contributed by atoms with Crippen molar-refractivity contribution in [2.75, 3.05) is 19.3 Å². The number of hydrogen-bond acceptors (Lipinski definition) is 4. The number of pyridine rings is 1. The van der Waals surface area contributed by atoms with Crippen LogP contribution in [-0.2, 0) is 18.3 Å². The Hall–Kier alpha value is -2.21. The van der Waals surface area contributed by atoms with Gasteiger partial charge in [0.15, 0.2) is 0 Å². The third-order valence-corrected chi connectivity index (χ3v) is 5.51. The summed E-state index contributed by atoms with van der Waals surface area (Å²) in [4.78, 5) is 27.1. The fraction of sp³-hybridized carbons (Fsp3) is 0.400. The third kappa shape index (κ3) is 4.30. The minimum atomic E-state index is -0.0836. The summed E-state index contributed by atoms with van der Waals surface area (Å²) in [6, 6.07) is 11.7. The molecule has 1 aliphatic rings. The van der Waals surface area contributed by atoms with Gasteiger partial charge in [0.2, 0.25) is 5.91 Å². The van der Waals surface area contributed by atoms with Crippen molar-refractivity contribution in [3.05, 3.63) is 58.0 Å². The van der Waals surface area contributed by atoms with E-state index in [2.05, 4.69) is 30.5 Å². The lowest BCUT2D eigenvalue weighted by Crippen LogP contribution is -2.56. The fourth-order valence-corrected chi connectivity index (χ4v) is 3.32. The van der Waals surface area contributed by atoms with Crippen LogP contribution in [0.25, 0.3) is 0 Å². The summed E-state index contributed by atoms with van der Waals surface area (Å²) in [5.74, 6) is 0.732. The van der Waals surface area contributed by atoms with Crippen molar-refractivity contribution in [3.8, 4) is 5.75 Å². The van der Waals surface area contributed by atoms with Crippen LogP contribution in [0.2, 0.25) is 0 Å². The van der Waals surface area contributed by atoms with Crippen LogP contribution in [-0.4, -0.2) is 40.8 Å². The number of thioether (sulfide) groups is 1. The van der Waals surface area contributed by atoms with Gasteiger partial charge in [-0.2, -0.15) is 0 Å². The van der Waals surface area contributed by atoms with Crippen molar-refractivity contribution in [2.24, 2.45) is 7.05 Å². The number of aromatic nitrogens is 1. The maximum absolute atomic E-state index is 12.3. The molecule has 0 atom stereocenters. The summed E-state index contributed by atoms with van der Waals surface area (Å²) in [7, 11) is 1.74. The SMILES string of the molecule is CSc1ccc(CCC(=O)N2CC(Oc3cc(C)n(C)c(=O)c3)C2)cc1. The fourth-order valence-electron chi connectivity index (χ4n) is 2.92. The lowest BCUT2D eigenvalue weighted by atomic mass is 10.1. The van der Waals surface area contributed by atoms with Gasteiger partial charge in [0, 0.05) is 30.1 Å². The molecular weight excluding hydrogens is 348 g/mol. The zero-order valence-corrected chi connectivity index (χ0v) is 16.2. The molecule has 138 valence electrons. The first-order valence-corrected chi connectivity index (χ1v) is 9.94. The molecule has 0 bridgehead atoms. The van der Waals surface area contributed by atoms with Crippen LogP contribution in [0, 0.1) is 6.92 Å². The zero-order chi connectivity index (χ0) is 18.7. The second-order valence-corrected chi connectivity index (χ2v) is 7.50. The zero-order valence-electron chi connectivity index (χ0n) is 15.4. The highest BCUT2D eigenvalue weighted by Crippen LogP contribution is 2.20. The molecule has 0 N–H and O–H groups in total. The van der Waals surface area contributed by atoms with E-state index >= 15 is 0 Å². The monoisotopic (exact) mass is 372 g/mol. The number of hydrogen-bond donors (Lipinski definition) is 0. The van der Waals surface area contributed by atoms with Crippen LogP contribution in [0.3, 0.4) is 0 Å². The van der Waals surface area contributed by atoms with Gasteiger partial charge in [-0.3, -0.25) is 9.59 Å². The molecule has 2 heterocycles. The molecule has 6 heteroatoms. The molecule has 26 heavy (non-hydrogen) atoms. The number of amides is 1. The molecule has 1 saturated heterocycles. The van der Waals surface area contributed by atoms with E-state index in [4.69, 9.17) is 4.74 Å². The smallest absolute Gasteiger partial charge is 0.254 e. The van der Waals surface area contributed by atoms with E-state index in [9.17, 15) is 9.59 Å². The lowest BCUT2D eigenvalue weighted by Gasteiger charge is -2.39. The van der Waals surface area contributed by atoms with Crippen molar-refractivity contribution >= 4 is 17.7 Å². The van der Waals surface area contributed by atoms with Crippen molar-refractivity contribution in [1.82, 2.24) is 9.47 Å². The number of rotatable bonds is 6. The summed E-state index contributed by atoms with van der Waals surface area (Å²) >= 11 is 1.71. The Balaban J connectivity index is 1.45. The number of carbonyl (C=O) groups excluding carboxylic acids is 1. The van der Waals surface area contributed by atoms with Crippen LogP contribution in [0.1, 0.15) is 17.7 Å². The first-order chi connectivity index (χ1) is 12.5. The second-order valence-electron chi connectivity index (χ2n) is 6.62. The van der Waals surface area contributed by atoms with Gasteiger partial charge >= 0.3 is 0 Å². The quantitative estimate of drug-likeness (QED) is 0.732. The van der Waals surface area contributed by atoms with E-state index in [1.807, 2.05) is 17.9 Å². The second kappa shape index (κ2) is 7.99. The molecule has 0 unspecified atom stereocenters. The van der Waals surface area contributed by atoms with Crippen LogP contribution < -0.4 is 10.3 Å². The minimum Gasteiger partial charge on any atom is -0.486 e. The summed E-state index contributed by atoms with van der Waals surface area (Å²) in [6.07, 6.45) is 3.28. The number of carbonyl (C=O) groups is 1. The maximum Gasteiger partial charge on any atom is 0.254 e. The van der Waals surface area contributed by atoms with E-state index in [0.717, 1.165) is 12.1 Å². The molecule has 1 amide bonds. The van der Waals surface area contributed by atoms with E-state index < -0.39 is 0 Å². The Kier molecular flexibility index (Phi) is 5.71. The first kappa shape index (κ1) is 18.6. The van der Waals surface area contributed by atoms with Gasteiger partial charge in [-0.25, -0.2) is 0 Å². The van der Waals surface area contributed by atoms with Gasteiger partial charge in [-0.05, 0) is 43.4 Å². The van der Waals surface area contributed by atoms with Gasteiger partial charge in [-0.15, -0.1) is 11.8 Å². The standard InChI is InChI=1S/C20H24N2O3S/c1-14-10-16(11-20(24)21(14)2)25-17-12-22(13-17)19(23)9-6-15-4-7-18(26-3)8-5-15/h4-5,7-8,10-11,17H,6,9,12-13H2,1-3H3. The molecular formula is C20H24N2O3S. The first-order valence-electron chi connectivity index (χ1n) is 8.71. The molecule has 0 radical (unpaired) electrons. The highest BCUT2D eigenvalue weighted by molar-refractivity contribution is 7.98. The van der Waals surface area contributed by atoms with Gasteiger partial charge in [0.1, 0.15) is 11.9 Å². The molecule has 1 aromatic carbocycles. The molecule has 1 aliphatic heterocycles. The summed E-state index contributed by atoms with van der Waals surface area (Å²) < 4.78 is 7.40. The molecule has 0 spiro atoms. The average molecular weight is 372 g/mol. The topological polar surface area (TPSA) is 51.5 Å². The van der Waals surface area contributed by atoms with E-state index in [1.165, 1.54) is 16.5 Å². The number of nitrogens with zero attached hydrogens (tertiary/aromatic N) is 2. The Labute approximate surface area is 158 Å². The lowest BCUT2D eigenvalue weighted by molar-refractivity contribution is -0.139. The number of benzene rings is 1. The van der Waals surface area contributed by atoms with Gasteiger partial charge in [0.05, 0.1) is 13.1 Å². The molecule has 1 fully saturated rings. The maximum atomic E-state index is 12.3. The predicted octanol–water partition coefficient (Wildman–Crippen LogP) is 2.64. The largest absolute Gasteiger partial charge is 0.486 e. The minimum absolute atomic E-state index is 0.0358. The third-order valence-electron chi connectivity index (χ3n) is 4.77. The van der Waals surface area contributed by atoms with Crippen molar-refractivity contribution in [2.45, 2.75) is 30.8 Å². The van der Waals surface area contributed by atoms with Crippen LogP contribution in [0.5, 0.6) is 5.75 Å². The van der Waals surface area contributed by atoms with E-state index in [1.54, 1.807) is 23.4 Å². The molecule has 0 aliphatic carbocycles. The Bertz CT molecular complexity index is 839. The highest BCUT2D eigenvalue weighted by Gasteiger charge is 2.32. The molecule has 3 rings (SSSR count).